The molecule has 0 aromatic heterocycles. The van der Waals surface area contributed by atoms with Gasteiger partial charge in [-0.15, -0.1) is 0 Å². The molecule has 1 heterocycles. The van der Waals surface area contributed by atoms with Crippen LogP contribution in [0.5, 0.6) is 0 Å². The van der Waals surface area contributed by atoms with Crippen molar-refractivity contribution >= 4 is 11.8 Å². The molecule has 1 saturated heterocycles. The molecule has 1 aromatic rings. The molecule has 108 valence electrons. The summed E-state index contributed by atoms with van der Waals surface area (Å²) in [5.41, 5.74) is 1.94. The molecule has 1 aliphatic rings. The summed E-state index contributed by atoms with van der Waals surface area (Å²) in [5, 5.41) is 2.64. The van der Waals surface area contributed by atoms with Gasteiger partial charge in [0, 0.05) is 6.54 Å². The Morgan fingerprint density at radius 1 is 1.20 bits per heavy atom. The molecule has 0 aliphatic carbocycles. The van der Waals surface area contributed by atoms with Gasteiger partial charge < -0.3 is 10.2 Å². The van der Waals surface area contributed by atoms with Crippen LogP contribution < -0.4 is 5.32 Å². The summed E-state index contributed by atoms with van der Waals surface area (Å²) in [6, 6.07) is 2.42. The van der Waals surface area contributed by atoms with E-state index >= 15 is 0 Å². The Morgan fingerprint density at radius 3 is 2.30 bits per heavy atom. The smallest absolute Gasteiger partial charge is 0.245 e. The molecule has 2 unspecified atom stereocenters. The molecule has 4 nitrogen and oxygen atoms in total. The van der Waals surface area contributed by atoms with Crippen molar-refractivity contribution in [2.24, 2.45) is 0 Å². The van der Waals surface area contributed by atoms with E-state index in [1.54, 1.807) is 39.8 Å². The second kappa shape index (κ2) is 5.23. The van der Waals surface area contributed by atoms with E-state index < -0.39 is 12.1 Å². The standard InChI is InChI=1S/C15H19FN2O2/c1-8-5-12(6-9(2)13(8)16)7-18-11(4)14(19)17-10(3)15(18)20/h5-6,10-11H,7H2,1-4H3,(H,17,19). The van der Waals surface area contributed by atoms with E-state index in [9.17, 15) is 14.0 Å². The van der Waals surface area contributed by atoms with E-state index in [1.807, 2.05) is 0 Å². The zero-order valence-corrected chi connectivity index (χ0v) is 12.2. The molecule has 2 rings (SSSR count). The molecule has 2 atom stereocenters. The van der Waals surface area contributed by atoms with Crippen molar-refractivity contribution in [3.05, 3.63) is 34.6 Å². The molecule has 1 aromatic carbocycles. The minimum atomic E-state index is -0.513. The van der Waals surface area contributed by atoms with Crippen LogP contribution in [0.25, 0.3) is 0 Å². The number of piperazine rings is 1. The highest BCUT2D eigenvalue weighted by molar-refractivity contribution is 5.96. The normalized spacial score (nSPS) is 22.9. The van der Waals surface area contributed by atoms with Crippen LogP contribution in [-0.2, 0) is 16.1 Å². The summed E-state index contributed by atoms with van der Waals surface area (Å²) in [5.74, 6) is -0.498. The van der Waals surface area contributed by atoms with Gasteiger partial charge in [0.2, 0.25) is 11.8 Å². The first kappa shape index (κ1) is 14.5. The number of carbonyl (C=O) groups is 2. The zero-order valence-electron chi connectivity index (χ0n) is 12.2. The van der Waals surface area contributed by atoms with Crippen molar-refractivity contribution < 1.29 is 14.0 Å². The summed E-state index contributed by atoms with van der Waals surface area (Å²) in [7, 11) is 0. The summed E-state index contributed by atoms with van der Waals surface area (Å²) in [4.78, 5) is 25.5. The van der Waals surface area contributed by atoms with Gasteiger partial charge in [0.05, 0.1) is 0 Å². The van der Waals surface area contributed by atoms with Crippen molar-refractivity contribution in [3.8, 4) is 0 Å². The van der Waals surface area contributed by atoms with Gasteiger partial charge in [-0.2, -0.15) is 0 Å². The van der Waals surface area contributed by atoms with Crippen LogP contribution in [0.15, 0.2) is 12.1 Å². The molecule has 20 heavy (non-hydrogen) atoms. The maximum atomic E-state index is 13.6. The third kappa shape index (κ3) is 2.53. The van der Waals surface area contributed by atoms with Gasteiger partial charge in [-0.05, 0) is 44.4 Å². The summed E-state index contributed by atoms with van der Waals surface area (Å²) in [6.07, 6.45) is 0. The van der Waals surface area contributed by atoms with Crippen molar-refractivity contribution in [2.45, 2.75) is 46.3 Å². The number of benzene rings is 1. The minimum absolute atomic E-state index is 0.114. The fraction of sp³-hybridized carbons (Fsp3) is 0.467. The Balaban J connectivity index is 2.28. The van der Waals surface area contributed by atoms with Crippen LogP contribution in [0, 0.1) is 19.7 Å². The van der Waals surface area contributed by atoms with Crippen LogP contribution in [0.4, 0.5) is 4.39 Å². The van der Waals surface area contributed by atoms with Gasteiger partial charge in [0.1, 0.15) is 17.9 Å². The van der Waals surface area contributed by atoms with Gasteiger partial charge >= 0.3 is 0 Å². The first-order valence-electron chi connectivity index (χ1n) is 6.67. The predicted octanol–water partition coefficient (Wildman–Crippen LogP) is 1.68. The number of carbonyl (C=O) groups excluding carboxylic acids is 2. The lowest BCUT2D eigenvalue weighted by Crippen LogP contribution is -2.60. The lowest BCUT2D eigenvalue weighted by atomic mass is 10.0. The molecular weight excluding hydrogens is 259 g/mol. The Hall–Kier alpha value is -1.91. The second-order valence-electron chi connectivity index (χ2n) is 5.42. The van der Waals surface area contributed by atoms with Gasteiger partial charge in [0.25, 0.3) is 0 Å². The van der Waals surface area contributed by atoms with E-state index in [4.69, 9.17) is 0 Å². The van der Waals surface area contributed by atoms with Crippen molar-refractivity contribution in [2.75, 3.05) is 0 Å². The Labute approximate surface area is 118 Å². The van der Waals surface area contributed by atoms with E-state index in [-0.39, 0.29) is 17.6 Å². The highest BCUT2D eigenvalue weighted by atomic mass is 19.1. The number of hydrogen-bond acceptors (Lipinski definition) is 2. The molecule has 0 bridgehead atoms. The Bertz CT molecular complexity index is 548. The maximum Gasteiger partial charge on any atom is 0.245 e. The van der Waals surface area contributed by atoms with E-state index in [0.717, 1.165) is 5.56 Å². The van der Waals surface area contributed by atoms with Gasteiger partial charge in [-0.1, -0.05) is 12.1 Å². The van der Waals surface area contributed by atoms with Crippen LogP contribution in [0.2, 0.25) is 0 Å². The number of nitrogens with one attached hydrogen (secondary N) is 1. The van der Waals surface area contributed by atoms with Crippen LogP contribution in [-0.4, -0.2) is 28.8 Å². The number of amides is 2. The highest BCUT2D eigenvalue weighted by Gasteiger charge is 2.35. The largest absolute Gasteiger partial charge is 0.343 e. The van der Waals surface area contributed by atoms with Gasteiger partial charge in [-0.25, -0.2) is 4.39 Å². The second-order valence-corrected chi connectivity index (χ2v) is 5.42. The number of hydrogen-bond donors (Lipinski definition) is 1. The minimum Gasteiger partial charge on any atom is -0.343 e. The average Bonchev–Trinajstić information content (AvgIpc) is 2.38. The van der Waals surface area contributed by atoms with E-state index in [2.05, 4.69) is 5.32 Å². The number of halogens is 1. The van der Waals surface area contributed by atoms with Crippen LogP contribution in [0.1, 0.15) is 30.5 Å². The first-order valence-corrected chi connectivity index (χ1v) is 6.67. The Kier molecular flexibility index (Phi) is 3.79. The molecule has 1 aliphatic heterocycles. The number of rotatable bonds is 2. The monoisotopic (exact) mass is 278 g/mol. The maximum absolute atomic E-state index is 13.6. The lowest BCUT2D eigenvalue weighted by Gasteiger charge is -2.36. The first-order chi connectivity index (χ1) is 9.31. The molecular formula is C15H19FN2O2. The SMILES string of the molecule is Cc1cc(CN2C(=O)C(C)NC(=O)C2C)cc(C)c1F. The van der Waals surface area contributed by atoms with Gasteiger partial charge in [0.15, 0.2) is 0 Å². The third-order valence-electron chi connectivity index (χ3n) is 3.71. The number of aryl methyl sites for hydroxylation is 2. The summed E-state index contributed by atoms with van der Waals surface area (Å²) >= 11 is 0. The molecule has 1 fully saturated rings. The Morgan fingerprint density at radius 2 is 1.75 bits per heavy atom. The van der Waals surface area contributed by atoms with Gasteiger partial charge in [-0.3, -0.25) is 9.59 Å². The molecule has 5 heteroatoms. The molecule has 1 N–H and O–H groups in total. The topological polar surface area (TPSA) is 49.4 Å². The average molecular weight is 278 g/mol. The predicted molar refractivity (Wildman–Crippen MR) is 73.5 cm³/mol. The summed E-state index contributed by atoms with van der Waals surface area (Å²) in [6.45, 7) is 7.08. The lowest BCUT2D eigenvalue weighted by molar-refractivity contribution is -0.148. The van der Waals surface area contributed by atoms with E-state index in [1.165, 1.54) is 4.90 Å². The summed E-state index contributed by atoms with van der Waals surface area (Å²) < 4.78 is 13.6. The zero-order chi connectivity index (χ0) is 15.0. The van der Waals surface area contributed by atoms with Crippen molar-refractivity contribution in [1.29, 1.82) is 0 Å². The molecule has 2 amide bonds. The van der Waals surface area contributed by atoms with Crippen LogP contribution in [0.3, 0.4) is 0 Å². The fourth-order valence-electron chi connectivity index (χ4n) is 2.52. The third-order valence-corrected chi connectivity index (χ3v) is 3.71. The highest BCUT2D eigenvalue weighted by Crippen LogP contribution is 2.19. The molecule has 0 spiro atoms. The van der Waals surface area contributed by atoms with Crippen molar-refractivity contribution in [1.82, 2.24) is 10.2 Å². The van der Waals surface area contributed by atoms with Crippen molar-refractivity contribution in [3.63, 3.8) is 0 Å². The quantitative estimate of drug-likeness (QED) is 0.894. The fourth-order valence-corrected chi connectivity index (χ4v) is 2.52. The molecule has 0 saturated carbocycles. The number of nitrogens with zero attached hydrogens (tertiary/aromatic N) is 1. The van der Waals surface area contributed by atoms with E-state index in [0.29, 0.717) is 17.7 Å². The molecule has 0 radical (unpaired) electrons. The van der Waals surface area contributed by atoms with Crippen LogP contribution >= 0.6 is 0 Å².